The molecule has 3 rings (SSSR count). The third-order valence-corrected chi connectivity index (χ3v) is 3.88. The van der Waals surface area contributed by atoms with Crippen molar-refractivity contribution in [1.82, 2.24) is 0 Å². The summed E-state index contributed by atoms with van der Waals surface area (Å²) in [4.78, 5) is 0. The Bertz CT molecular complexity index is 730. The van der Waals surface area contributed by atoms with Crippen molar-refractivity contribution in [1.29, 1.82) is 0 Å². The van der Waals surface area contributed by atoms with Gasteiger partial charge in [0.2, 0.25) is 6.71 Å². The van der Waals surface area contributed by atoms with Gasteiger partial charge in [-0.1, -0.05) is 53.9 Å². The minimum absolute atomic E-state index is 0.327. The fourth-order valence-electron chi connectivity index (χ4n) is 2.75. The summed E-state index contributed by atoms with van der Waals surface area (Å²) in [6.07, 6.45) is 15.2. The molecule has 0 amide bonds. The van der Waals surface area contributed by atoms with Crippen LogP contribution in [0.5, 0.6) is 0 Å². The highest BCUT2D eigenvalue weighted by Crippen LogP contribution is 2.15. The van der Waals surface area contributed by atoms with Gasteiger partial charge in [0.15, 0.2) is 0 Å². The van der Waals surface area contributed by atoms with Crippen molar-refractivity contribution in [2.24, 2.45) is 0 Å². The van der Waals surface area contributed by atoms with Gasteiger partial charge in [-0.3, -0.25) is 0 Å². The summed E-state index contributed by atoms with van der Waals surface area (Å²) < 4.78 is 0. The lowest BCUT2D eigenvalue weighted by Crippen LogP contribution is -2.41. The van der Waals surface area contributed by atoms with Crippen LogP contribution in [0.15, 0.2) is 36.4 Å². The molecule has 0 radical (unpaired) electrons. The molecular formula is C19H13B. The zero-order valence-electron chi connectivity index (χ0n) is 11.4. The number of hydrogen-bond donors (Lipinski definition) is 0. The summed E-state index contributed by atoms with van der Waals surface area (Å²) in [6, 6.07) is 12.4. The van der Waals surface area contributed by atoms with E-state index in [-0.39, 0.29) is 0 Å². The Morgan fingerprint density at radius 2 is 1.25 bits per heavy atom. The van der Waals surface area contributed by atoms with Crippen molar-refractivity contribution in [3.63, 3.8) is 0 Å². The van der Waals surface area contributed by atoms with Crippen LogP contribution in [-0.2, 0) is 0 Å². The third kappa shape index (κ3) is 1.95. The second-order valence-corrected chi connectivity index (χ2v) is 5.03. The Labute approximate surface area is 120 Å². The molecular weight excluding hydrogens is 239 g/mol. The lowest BCUT2D eigenvalue weighted by molar-refractivity contribution is 1.64. The van der Waals surface area contributed by atoms with Gasteiger partial charge in [0, 0.05) is 11.1 Å². The summed E-state index contributed by atoms with van der Waals surface area (Å²) >= 11 is 0. The highest BCUT2D eigenvalue weighted by Gasteiger charge is 2.20. The number of terminal acetylenes is 2. The van der Waals surface area contributed by atoms with Gasteiger partial charge in [-0.05, 0) is 35.4 Å². The Morgan fingerprint density at radius 3 is 1.65 bits per heavy atom. The fraction of sp³-hybridized carbons (Fsp3) is 0.0526. The minimum Gasteiger partial charge on any atom is -0.115 e. The van der Waals surface area contributed by atoms with Gasteiger partial charge < -0.3 is 0 Å². The topological polar surface area (TPSA) is 0 Å². The van der Waals surface area contributed by atoms with E-state index in [1.165, 1.54) is 22.1 Å². The predicted molar refractivity (Wildman–Crippen MR) is 88.6 cm³/mol. The van der Waals surface area contributed by atoms with E-state index in [0.717, 1.165) is 11.1 Å². The molecule has 1 aliphatic heterocycles. The second kappa shape index (κ2) is 4.80. The van der Waals surface area contributed by atoms with Gasteiger partial charge in [-0.15, -0.1) is 12.8 Å². The molecule has 0 aromatic heterocycles. The Morgan fingerprint density at radius 1 is 0.800 bits per heavy atom. The first-order valence-corrected chi connectivity index (χ1v) is 6.62. The van der Waals surface area contributed by atoms with Crippen LogP contribution in [0.25, 0.3) is 12.2 Å². The molecule has 20 heavy (non-hydrogen) atoms. The summed E-state index contributed by atoms with van der Waals surface area (Å²) in [6.45, 7) is 2.55. The van der Waals surface area contributed by atoms with E-state index in [9.17, 15) is 0 Å². The highest BCUT2D eigenvalue weighted by atomic mass is 14.1. The molecule has 0 spiro atoms. The number of benzene rings is 2. The standard InChI is InChI=1S/C19H13B/c1-4-14-6-10-18-16(12-14)8-9-17-13-15(5-2)7-11-19(17)20(18)3/h1-2,6-13H,3H3. The first-order valence-electron chi connectivity index (χ1n) is 6.62. The van der Waals surface area contributed by atoms with Crippen LogP contribution in [0.1, 0.15) is 22.3 Å². The van der Waals surface area contributed by atoms with Crippen LogP contribution in [-0.4, -0.2) is 6.71 Å². The molecule has 1 aliphatic rings. The average Bonchev–Trinajstić information content (AvgIpc) is 2.64. The molecule has 0 nitrogen and oxygen atoms in total. The van der Waals surface area contributed by atoms with Crippen molar-refractivity contribution in [2.45, 2.75) is 6.82 Å². The molecule has 0 N–H and O–H groups in total. The molecule has 0 bridgehead atoms. The van der Waals surface area contributed by atoms with Gasteiger partial charge in [0.05, 0.1) is 0 Å². The van der Waals surface area contributed by atoms with Gasteiger partial charge in [-0.25, -0.2) is 0 Å². The van der Waals surface area contributed by atoms with E-state index in [4.69, 9.17) is 12.8 Å². The van der Waals surface area contributed by atoms with Crippen molar-refractivity contribution < 1.29 is 0 Å². The van der Waals surface area contributed by atoms with Crippen molar-refractivity contribution >= 4 is 29.8 Å². The largest absolute Gasteiger partial charge is 0.207 e. The molecule has 2 aromatic carbocycles. The van der Waals surface area contributed by atoms with E-state index in [1.807, 2.05) is 12.1 Å². The maximum absolute atomic E-state index is 5.48. The van der Waals surface area contributed by atoms with Gasteiger partial charge in [-0.2, -0.15) is 0 Å². The number of fused-ring (bicyclic) bond motifs is 2. The van der Waals surface area contributed by atoms with E-state index < -0.39 is 0 Å². The van der Waals surface area contributed by atoms with E-state index >= 15 is 0 Å². The zero-order chi connectivity index (χ0) is 14.1. The molecule has 1 heterocycles. The highest BCUT2D eigenvalue weighted by molar-refractivity contribution is 6.85. The van der Waals surface area contributed by atoms with Crippen LogP contribution in [0.2, 0.25) is 6.82 Å². The monoisotopic (exact) mass is 252 g/mol. The van der Waals surface area contributed by atoms with Crippen LogP contribution in [0, 0.1) is 24.7 Å². The van der Waals surface area contributed by atoms with E-state index in [1.54, 1.807) is 0 Å². The van der Waals surface area contributed by atoms with Crippen LogP contribution >= 0.6 is 0 Å². The Balaban J connectivity index is 2.20. The van der Waals surface area contributed by atoms with Crippen molar-refractivity contribution in [2.75, 3.05) is 0 Å². The predicted octanol–water partition coefficient (Wildman–Crippen LogP) is 2.37. The lowest BCUT2D eigenvalue weighted by atomic mass is 9.41. The van der Waals surface area contributed by atoms with Crippen molar-refractivity contribution in [3.8, 4) is 24.7 Å². The van der Waals surface area contributed by atoms with Crippen LogP contribution < -0.4 is 10.9 Å². The quantitative estimate of drug-likeness (QED) is 0.499. The molecule has 0 unspecified atom stereocenters. The van der Waals surface area contributed by atoms with Crippen LogP contribution in [0.4, 0.5) is 0 Å². The molecule has 2 aromatic rings. The third-order valence-electron chi connectivity index (χ3n) is 3.88. The molecule has 0 saturated carbocycles. The molecule has 92 valence electrons. The number of hydrogen-bond acceptors (Lipinski definition) is 0. The summed E-state index contributed by atoms with van der Waals surface area (Å²) in [5, 5.41) is 0. The Kier molecular flexibility index (Phi) is 2.98. The van der Waals surface area contributed by atoms with Gasteiger partial charge >= 0.3 is 0 Å². The minimum atomic E-state index is 0.327. The summed E-state index contributed by atoms with van der Waals surface area (Å²) in [5.74, 6) is 5.38. The molecule has 1 heteroatoms. The molecule has 0 aliphatic carbocycles. The Hall–Kier alpha value is -2.64. The number of rotatable bonds is 0. The maximum atomic E-state index is 5.48. The van der Waals surface area contributed by atoms with Gasteiger partial charge in [0.1, 0.15) is 0 Å². The summed E-state index contributed by atoms with van der Waals surface area (Å²) in [7, 11) is 0. The summed E-state index contributed by atoms with van der Waals surface area (Å²) in [5.41, 5.74) is 6.80. The first-order chi connectivity index (χ1) is 9.72. The normalized spacial score (nSPS) is 11.8. The smallest absolute Gasteiger partial charge is 0.115 e. The first kappa shape index (κ1) is 12.4. The van der Waals surface area contributed by atoms with Crippen LogP contribution in [0.3, 0.4) is 0 Å². The fourth-order valence-corrected chi connectivity index (χ4v) is 2.75. The SMILES string of the molecule is C#Cc1ccc2c(c1)C=Cc1cc(C#C)ccc1B2C. The van der Waals surface area contributed by atoms with E-state index in [0.29, 0.717) is 6.71 Å². The van der Waals surface area contributed by atoms with E-state index in [2.05, 4.69) is 55.1 Å². The average molecular weight is 252 g/mol. The van der Waals surface area contributed by atoms with Gasteiger partial charge in [0.25, 0.3) is 0 Å². The maximum Gasteiger partial charge on any atom is 0.207 e. The zero-order valence-corrected chi connectivity index (χ0v) is 11.4. The molecule has 0 fully saturated rings. The molecule has 0 saturated heterocycles. The molecule has 0 atom stereocenters. The second-order valence-electron chi connectivity index (χ2n) is 5.03. The van der Waals surface area contributed by atoms with Crippen molar-refractivity contribution in [3.05, 3.63) is 58.7 Å². The lowest BCUT2D eigenvalue weighted by Gasteiger charge is -2.13.